The van der Waals surface area contributed by atoms with E-state index in [0.29, 0.717) is 12.0 Å². The fourth-order valence-corrected chi connectivity index (χ4v) is 2.94. The van der Waals surface area contributed by atoms with E-state index < -0.39 is 0 Å². The largest absolute Gasteiger partial charge is 0.490 e. The van der Waals surface area contributed by atoms with E-state index in [9.17, 15) is 0 Å². The molecule has 1 aromatic carbocycles. The molecule has 1 N–H and O–H groups in total. The van der Waals surface area contributed by atoms with Crippen molar-refractivity contribution in [1.82, 2.24) is 5.32 Å². The second-order valence-electron chi connectivity index (χ2n) is 5.34. The van der Waals surface area contributed by atoms with Gasteiger partial charge in [0.15, 0.2) is 11.5 Å². The minimum atomic E-state index is 0.325. The first-order valence-electron chi connectivity index (χ1n) is 6.88. The highest BCUT2D eigenvalue weighted by Crippen LogP contribution is 2.38. The highest BCUT2D eigenvalue weighted by molar-refractivity contribution is 9.10. The Balaban J connectivity index is 2.32. The van der Waals surface area contributed by atoms with Crippen molar-refractivity contribution < 1.29 is 9.47 Å². The van der Waals surface area contributed by atoms with Crippen molar-refractivity contribution in [2.45, 2.75) is 32.7 Å². The maximum absolute atomic E-state index is 5.77. The van der Waals surface area contributed by atoms with E-state index >= 15 is 0 Å². The standard InChI is InChI=1S/C15H22BrNO2/c1-10(2)7-13(17-3)11-8-14-15(9-12(11)16)19-6-4-5-18-14/h8-10,13,17H,4-7H2,1-3H3. The van der Waals surface area contributed by atoms with Gasteiger partial charge in [-0.3, -0.25) is 0 Å². The average molecular weight is 328 g/mol. The molecule has 2 rings (SSSR count). The Morgan fingerprint density at radius 2 is 1.84 bits per heavy atom. The third kappa shape index (κ3) is 3.63. The molecule has 0 radical (unpaired) electrons. The van der Waals surface area contributed by atoms with Crippen molar-refractivity contribution >= 4 is 15.9 Å². The minimum Gasteiger partial charge on any atom is -0.490 e. The summed E-state index contributed by atoms with van der Waals surface area (Å²) in [6, 6.07) is 4.46. The van der Waals surface area contributed by atoms with E-state index in [1.165, 1.54) is 5.56 Å². The zero-order chi connectivity index (χ0) is 13.8. The Kier molecular flexibility index (Phi) is 5.11. The SMILES string of the molecule is CNC(CC(C)C)c1cc2c(cc1Br)OCCCO2. The molecule has 0 spiro atoms. The lowest BCUT2D eigenvalue weighted by atomic mass is 9.97. The highest BCUT2D eigenvalue weighted by atomic mass is 79.9. The van der Waals surface area contributed by atoms with E-state index in [2.05, 4.69) is 41.2 Å². The molecule has 1 aliphatic heterocycles. The number of rotatable bonds is 4. The molecule has 0 amide bonds. The second kappa shape index (κ2) is 6.62. The lowest BCUT2D eigenvalue weighted by molar-refractivity contribution is 0.297. The lowest BCUT2D eigenvalue weighted by Gasteiger charge is -2.21. The van der Waals surface area contributed by atoms with Gasteiger partial charge in [0.25, 0.3) is 0 Å². The predicted molar refractivity (Wildman–Crippen MR) is 81.0 cm³/mol. The smallest absolute Gasteiger partial charge is 0.162 e. The third-order valence-corrected chi connectivity index (χ3v) is 3.98. The van der Waals surface area contributed by atoms with E-state index in [-0.39, 0.29) is 0 Å². The topological polar surface area (TPSA) is 30.5 Å². The van der Waals surface area contributed by atoms with Crippen LogP contribution in [0.4, 0.5) is 0 Å². The Morgan fingerprint density at radius 3 is 2.42 bits per heavy atom. The van der Waals surface area contributed by atoms with Gasteiger partial charge in [-0.15, -0.1) is 0 Å². The molecule has 0 aromatic heterocycles. The van der Waals surface area contributed by atoms with Crippen molar-refractivity contribution in [3.63, 3.8) is 0 Å². The zero-order valence-corrected chi connectivity index (χ0v) is 13.4. The monoisotopic (exact) mass is 327 g/mol. The van der Waals surface area contributed by atoms with Crippen LogP contribution >= 0.6 is 15.9 Å². The fraction of sp³-hybridized carbons (Fsp3) is 0.600. The summed E-state index contributed by atoms with van der Waals surface area (Å²) in [4.78, 5) is 0. The van der Waals surface area contributed by atoms with Gasteiger partial charge in [-0.2, -0.15) is 0 Å². The number of halogens is 1. The number of ether oxygens (including phenoxy) is 2. The summed E-state index contributed by atoms with van der Waals surface area (Å²) in [5.41, 5.74) is 1.24. The average Bonchev–Trinajstić information content (AvgIpc) is 2.59. The number of hydrogen-bond donors (Lipinski definition) is 1. The Morgan fingerprint density at radius 1 is 1.21 bits per heavy atom. The molecule has 0 saturated carbocycles. The minimum absolute atomic E-state index is 0.325. The molecule has 1 aromatic rings. The first-order valence-corrected chi connectivity index (χ1v) is 7.67. The molecule has 1 atom stereocenters. The summed E-state index contributed by atoms with van der Waals surface area (Å²) in [6.07, 6.45) is 2.03. The number of hydrogen-bond acceptors (Lipinski definition) is 3. The van der Waals surface area contributed by atoms with Gasteiger partial charge in [0.05, 0.1) is 13.2 Å². The molecule has 1 unspecified atom stereocenters. The molecule has 0 fully saturated rings. The molecule has 19 heavy (non-hydrogen) atoms. The quantitative estimate of drug-likeness (QED) is 0.909. The van der Waals surface area contributed by atoms with Gasteiger partial charge >= 0.3 is 0 Å². The molecular weight excluding hydrogens is 306 g/mol. The zero-order valence-electron chi connectivity index (χ0n) is 11.8. The van der Waals surface area contributed by atoms with Crippen LogP contribution in [-0.2, 0) is 0 Å². The first kappa shape index (κ1) is 14.7. The van der Waals surface area contributed by atoms with Crippen LogP contribution in [0.1, 0.15) is 38.3 Å². The van der Waals surface area contributed by atoms with Crippen LogP contribution in [0.25, 0.3) is 0 Å². The lowest BCUT2D eigenvalue weighted by Crippen LogP contribution is -2.19. The van der Waals surface area contributed by atoms with Gasteiger partial charge in [0.2, 0.25) is 0 Å². The first-order chi connectivity index (χ1) is 9.11. The van der Waals surface area contributed by atoms with Crippen LogP contribution in [0.2, 0.25) is 0 Å². The number of nitrogens with one attached hydrogen (secondary N) is 1. The van der Waals surface area contributed by atoms with E-state index in [1.807, 2.05) is 13.1 Å². The van der Waals surface area contributed by atoms with Gasteiger partial charge in [-0.05, 0) is 37.1 Å². The summed E-state index contributed by atoms with van der Waals surface area (Å²) >= 11 is 3.66. The van der Waals surface area contributed by atoms with Crippen LogP contribution in [0, 0.1) is 5.92 Å². The molecule has 106 valence electrons. The summed E-state index contributed by atoms with van der Waals surface area (Å²) in [6.45, 7) is 5.92. The Hall–Kier alpha value is -0.740. The van der Waals surface area contributed by atoms with Gasteiger partial charge in [-0.1, -0.05) is 29.8 Å². The summed E-state index contributed by atoms with van der Waals surface area (Å²) in [5, 5.41) is 3.39. The van der Waals surface area contributed by atoms with Gasteiger partial charge in [0, 0.05) is 16.9 Å². The number of benzene rings is 1. The molecular formula is C15H22BrNO2. The van der Waals surface area contributed by atoms with E-state index in [4.69, 9.17) is 9.47 Å². The molecule has 1 aliphatic rings. The van der Waals surface area contributed by atoms with Crippen molar-refractivity contribution in [3.05, 3.63) is 22.2 Å². The molecule has 1 heterocycles. The third-order valence-electron chi connectivity index (χ3n) is 3.30. The van der Waals surface area contributed by atoms with Crippen LogP contribution in [-0.4, -0.2) is 20.3 Å². The van der Waals surface area contributed by atoms with E-state index in [1.54, 1.807) is 0 Å². The van der Waals surface area contributed by atoms with Crippen LogP contribution in [0.3, 0.4) is 0 Å². The summed E-state index contributed by atoms with van der Waals surface area (Å²) in [7, 11) is 2.00. The van der Waals surface area contributed by atoms with Gasteiger partial charge in [0.1, 0.15) is 0 Å². The summed E-state index contributed by atoms with van der Waals surface area (Å²) < 4.78 is 12.6. The second-order valence-corrected chi connectivity index (χ2v) is 6.20. The van der Waals surface area contributed by atoms with Crippen molar-refractivity contribution in [1.29, 1.82) is 0 Å². The Labute approximate surface area is 123 Å². The van der Waals surface area contributed by atoms with Crippen LogP contribution in [0.15, 0.2) is 16.6 Å². The van der Waals surface area contributed by atoms with Gasteiger partial charge in [-0.25, -0.2) is 0 Å². The van der Waals surface area contributed by atoms with Crippen molar-refractivity contribution in [2.24, 2.45) is 5.92 Å². The number of fused-ring (bicyclic) bond motifs is 1. The maximum Gasteiger partial charge on any atom is 0.162 e. The maximum atomic E-state index is 5.77. The molecule has 3 nitrogen and oxygen atoms in total. The van der Waals surface area contributed by atoms with Crippen LogP contribution in [0.5, 0.6) is 11.5 Å². The van der Waals surface area contributed by atoms with Gasteiger partial charge < -0.3 is 14.8 Å². The molecule has 0 saturated heterocycles. The summed E-state index contributed by atoms with van der Waals surface area (Å²) in [5.74, 6) is 2.34. The van der Waals surface area contributed by atoms with Crippen LogP contribution < -0.4 is 14.8 Å². The molecule has 0 aliphatic carbocycles. The Bertz CT molecular complexity index is 434. The van der Waals surface area contributed by atoms with Crippen molar-refractivity contribution in [3.8, 4) is 11.5 Å². The van der Waals surface area contributed by atoms with E-state index in [0.717, 1.165) is 42.0 Å². The molecule has 4 heteroatoms. The fourth-order valence-electron chi connectivity index (χ4n) is 2.34. The normalized spacial score (nSPS) is 16.3. The predicted octanol–water partition coefficient (Wildman–Crippen LogP) is 3.92. The highest BCUT2D eigenvalue weighted by Gasteiger charge is 2.19. The molecule has 0 bridgehead atoms. The van der Waals surface area contributed by atoms with Crippen molar-refractivity contribution in [2.75, 3.05) is 20.3 Å².